The first kappa shape index (κ1) is 18.0. The molecule has 0 saturated heterocycles. The van der Waals surface area contributed by atoms with Gasteiger partial charge >= 0.3 is 5.97 Å². The van der Waals surface area contributed by atoms with Crippen molar-refractivity contribution in [1.29, 1.82) is 10.5 Å². The highest BCUT2D eigenvalue weighted by Gasteiger charge is 2.13. The van der Waals surface area contributed by atoms with Gasteiger partial charge in [-0.25, -0.2) is 0 Å². The van der Waals surface area contributed by atoms with E-state index in [1.54, 1.807) is 37.3 Å². The normalized spacial score (nSPS) is 9.72. The van der Waals surface area contributed by atoms with Crippen molar-refractivity contribution in [3.8, 4) is 12.1 Å². The molecule has 0 heterocycles. The van der Waals surface area contributed by atoms with Crippen LogP contribution in [0.3, 0.4) is 0 Å². The van der Waals surface area contributed by atoms with E-state index in [4.69, 9.17) is 15.3 Å². The molecule has 0 aromatic heterocycles. The fraction of sp³-hybridized carbons (Fsp3) is 0.250. The van der Waals surface area contributed by atoms with Crippen molar-refractivity contribution in [3.05, 3.63) is 65.2 Å². The average Bonchev–Trinajstić information content (AvgIpc) is 2.65. The predicted molar refractivity (Wildman–Crippen MR) is 94.9 cm³/mol. The summed E-state index contributed by atoms with van der Waals surface area (Å²) in [5, 5.41) is 17.9. The molecule has 0 fully saturated rings. The molecule has 0 unspecified atom stereocenters. The van der Waals surface area contributed by atoms with Crippen molar-refractivity contribution in [2.24, 2.45) is 0 Å². The molecule has 126 valence electrons. The largest absolute Gasteiger partial charge is 0.465 e. The van der Waals surface area contributed by atoms with E-state index in [2.05, 4.69) is 12.1 Å². The minimum atomic E-state index is -0.301. The van der Waals surface area contributed by atoms with Crippen molar-refractivity contribution in [1.82, 2.24) is 0 Å². The van der Waals surface area contributed by atoms with Gasteiger partial charge in [0.15, 0.2) is 0 Å². The Morgan fingerprint density at radius 1 is 1.08 bits per heavy atom. The Balaban J connectivity index is 2.14. The van der Waals surface area contributed by atoms with E-state index in [-0.39, 0.29) is 12.5 Å². The van der Waals surface area contributed by atoms with Gasteiger partial charge in [0.2, 0.25) is 0 Å². The van der Waals surface area contributed by atoms with Gasteiger partial charge in [-0.3, -0.25) is 4.79 Å². The molecule has 0 atom stereocenters. The molecule has 0 aliphatic heterocycles. The van der Waals surface area contributed by atoms with E-state index < -0.39 is 0 Å². The molecule has 0 aliphatic carbocycles. The Kier molecular flexibility index (Phi) is 6.56. The van der Waals surface area contributed by atoms with Crippen LogP contribution in [0.5, 0.6) is 0 Å². The third-order valence-electron chi connectivity index (χ3n) is 3.72. The summed E-state index contributed by atoms with van der Waals surface area (Å²) < 4.78 is 5.05. The van der Waals surface area contributed by atoms with Crippen LogP contribution in [0.2, 0.25) is 0 Å². The second-order valence-corrected chi connectivity index (χ2v) is 5.45. The zero-order valence-electron chi connectivity index (χ0n) is 14.1. The van der Waals surface area contributed by atoms with Crippen LogP contribution in [0.1, 0.15) is 23.6 Å². The third kappa shape index (κ3) is 5.37. The number of ether oxygens (including phenoxy) is 1. The van der Waals surface area contributed by atoms with Gasteiger partial charge in [-0.2, -0.15) is 10.5 Å². The highest BCUT2D eigenvalue weighted by Crippen LogP contribution is 2.17. The molecule has 0 aliphatic rings. The Morgan fingerprint density at radius 3 is 2.44 bits per heavy atom. The van der Waals surface area contributed by atoms with Crippen LogP contribution in [0.4, 0.5) is 5.69 Å². The maximum atomic E-state index is 11.9. The molecule has 25 heavy (non-hydrogen) atoms. The summed E-state index contributed by atoms with van der Waals surface area (Å²) in [6.07, 6.45) is 0.710. The quantitative estimate of drug-likeness (QED) is 0.728. The monoisotopic (exact) mass is 333 g/mol. The first-order valence-corrected chi connectivity index (χ1v) is 8.06. The Morgan fingerprint density at radius 2 is 1.80 bits per heavy atom. The standard InChI is InChI=1S/C20H19N3O2/c1-2-25-20(24)15-23(19-5-3-4-18(12-19)14-22)11-10-16-6-8-17(13-21)9-7-16/h3-9,12H,2,10-11,15H2,1H3. The SMILES string of the molecule is CCOC(=O)CN(CCc1ccc(C#N)cc1)c1cccc(C#N)c1. The number of nitrogens with zero attached hydrogens (tertiary/aromatic N) is 3. The van der Waals surface area contributed by atoms with E-state index >= 15 is 0 Å². The zero-order valence-corrected chi connectivity index (χ0v) is 14.1. The van der Waals surface area contributed by atoms with Crippen LogP contribution in [-0.4, -0.2) is 25.7 Å². The van der Waals surface area contributed by atoms with Crippen LogP contribution >= 0.6 is 0 Å². The van der Waals surface area contributed by atoms with Gasteiger partial charge in [-0.05, 0) is 49.2 Å². The molecule has 2 aromatic rings. The summed E-state index contributed by atoms with van der Waals surface area (Å²) in [4.78, 5) is 13.8. The number of carbonyl (C=O) groups excluding carboxylic acids is 1. The first-order chi connectivity index (χ1) is 12.2. The number of anilines is 1. The summed E-state index contributed by atoms with van der Waals surface area (Å²) in [5.41, 5.74) is 3.05. The maximum absolute atomic E-state index is 11.9. The van der Waals surface area contributed by atoms with Crippen molar-refractivity contribution >= 4 is 11.7 Å². The first-order valence-electron chi connectivity index (χ1n) is 8.06. The lowest BCUT2D eigenvalue weighted by atomic mass is 10.1. The van der Waals surface area contributed by atoms with Crippen LogP contribution in [0, 0.1) is 22.7 Å². The highest BCUT2D eigenvalue weighted by molar-refractivity contribution is 5.76. The van der Waals surface area contributed by atoms with Crippen LogP contribution in [0.15, 0.2) is 48.5 Å². The lowest BCUT2D eigenvalue weighted by Gasteiger charge is -2.24. The third-order valence-corrected chi connectivity index (χ3v) is 3.72. The fourth-order valence-corrected chi connectivity index (χ4v) is 2.44. The number of esters is 1. The molecule has 0 amide bonds. The molecular formula is C20H19N3O2. The zero-order chi connectivity index (χ0) is 18.1. The fourth-order valence-electron chi connectivity index (χ4n) is 2.44. The number of rotatable bonds is 7. The predicted octanol–water partition coefficient (Wildman–Crippen LogP) is 3.04. The summed E-state index contributed by atoms with van der Waals surface area (Å²) in [7, 11) is 0. The number of benzene rings is 2. The number of hydrogen-bond acceptors (Lipinski definition) is 5. The topological polar surface area (TPSA) is 77.1 Å². The van der Waals surface area contributed by atoms with Gasteiger partial charge in [-0.1, -0.05) is 18.2 Å². The van der Waals surface area contributed by atoms with E-state index in [0.29, 0.717) is 30.7 Å². The van der Waals surface area contributed by atoms with E-state index in [1.807, 2.05) is 23.1 Å². The van der Waals surface area contributed by atoms with Crippen LogP contribution in [0.25, 0.3) is 0 Å². The summed E-state index contributed by atoms with van der Waals surface area (Å²) in [5.74, 6) is -0.301. The van der Waals surface area contributed by atoms with Crippen molar-refractivity contribution in [3.63, 3.8) is 0 Å². The summed E-state index contributed by atoms with van der Waals surface area (Å²) >= 11 is 0. The van der Waals surface area contributed by atoms with Gasteiger partial charge in [0.05, 0.1) is 29.9 Å². The highest BCUT2D eigenvalue weighted by atomic mass is 16.5. The van der Waals surface area contributed by atoms with Crippen molar-refractivity contribution < 1.29 is 9.53 Å². The summed E-state index contributed by atoms with van der Waals surface area (Å²) in [6.45, 7) is 2.83. The van der Waals surface area contributed by atoms with Crippen molar-refractivity contribution in [2.45, 2.75) is 13.3 Å². The van der Waals surface area contributed by atoms with Gasteiger partial charge < -0.3 is 9.64 Å². The minimum Gasteiger partial charge on any atom is -0.465 e. The second kappa shape index (κ2) is 9.10. The van der Waals surface area contributed by atoms with E-state index in [1.165, 1.54) is 0 Å². The van der Waals surface area contributed by atoms with Crippen LogP contribution in [-0.2, 0) is 16.0 Å². The Bertz CT molecular complexity index is 801. The van der Waals surface area contributed by atoms with Gasteiger partial charge in [0.25, 0.3) is 0 Å². The maximum Gasteiger partial charge on any atom is 0.325 e. The molecule has 0 bridgehead atoms. The van der Waals surface area contributed by atoms with E-state index in [0.717, 1.165) is 11.3 Å². The number of carbonyl (C=O) groups is 1. The smallest absolute Gasteiger partial charge is 0.325 e. The number of nitriles is 2. The lowest BCUT2D eigenvalue weighted by molar-refractivity contribution is -0.141. The molecule has 5 nitrogen and oxygen atoms in total. The molecule has 5 heteroatoms. The summed E-state index contributed by atoms with van der Waals surface area (Å²) in [6, 6.07) is 18.8. The molecule has 0 N–H and O–H groups in total. The molecule has 0 spiro atoms. The van der Waals surface area contributed by atoms with Crippen LogP contribution < -0.4 is 4.90 Å². The molecule has 2 rings (SSSR count). The van der Waals surface area contributed by atoms with Gasteiger partial charge in [-0.15, -0.1) is 0 Å². The molecule has 2 aromatic carbocycles. The minimum absolute atomic E-state index is 0.124. The average molecular weight is 333 g/mol. The Labute approximate surface area is 147 Å². The van der Waals surface area contributed by atoms with Gasteiger partial charge in [0.1, 0.15) is 6.54 Å². The second-order valence-electron chi connectivity index (χ2n) is 5.45. The lowest BCUT2D eigenvalue weighted by Crippen LogP contribution is -2.32. The molecular weight excluding hydrogens is 314 g/mol. The molecule has 0 radical (unpaired) electrons. The van der Waals surface area contributed by atoms with E-state index in [9.17, 15) is 4.79 Å². The number of hydrogen-bond donors (Lipinski definition) is 0. The van der Waals surface area contributed by atoms with Gasteiger partial charge in [0, 0.05) is 12.2 Å². The molecule has 0 saturated carbocycles. The van der Waals surface area contributed by atoms with Crippen molar-refractivity contribution in [2.75, 3.05) is 24.6 Å². The Hall–Kier alpha value is -3.31.